The number of nitriles is 1. The molecule has 0 radical (unpaired) electrons. The number of aromatic amines is 1. The van der Waals surface area contributed by atoms with Crippen molar-refractivity contribution in [2.75, 3.05) is 6.54 Å². The van der Waals surface area contributed by atoms with Gasteiger partial charge in [0.2, 0.25) is 5.91 Å². The maximum absolute atomic E-state index is 12.2. The molecule has 3 N–H and O–H groups in total. The van der Waals surface area contributed by atoms with Gasteiger partial charge in [0.1, 0.15) is 11.6 Å². The van der Waals surface area contributed by atoms with Crippen LogP contribution in [0, 0.1) is 36.5 Å². The lowest BCUT2D eigenvalue weighted by Crippen LogP contribution is -2.43. The number of hydrogen-bond acceptors (Lipinski definition) is 4. The topological polar surface area (TPSA) is 106 Å². The van der Waals surface area contributed by atoms with E-state index in [9.17, 15) is 14.7 Å². The molecule has 0 saturated carbocycles. The van der Waals surface area contributed by atoms with Crippen LogP contribution in [0.5, 0.6) is 0 Å². The number of nitrogens with one attached hydrogen (secondary N) is 2. The van der Waals surface area contributed by atoms with Crippen LogP contribution in [0.25, 0.3) is 0 Å². The first kappa shape index (κ1) is 20.9. The molecule has 1 rings (SSSR count). The molecule has 138 valence electrons. The third-order valence-electron chi connectivity index (χ3n) is 4.70. The number of nitrogens with zero attached hydrogens (tertiary/aromatic N) is 1. The number of aromatic nitrogens is 1. The summed E-state index contributed by atoms with van der Waals surface area (Å²) in [5, 5.41) is 22.2. The summed E-state index contributed by atoms with van der Waals surface area (Å²) in [5.74, 6) is -0.00437. The first-order valence-electron chi connectivity index (χ1n) is 8.58. The highest BCUT2D eigenvalue weighted by Gasteiger charge is 2.30. The fraction of sp³-hybridized carbons (Fsp3) is 0.632. The Morgan fingerprint density at radius 1 is 1.36 bits per heavy atom. The van der Waals surface area contributed by atoms with Crippen molar-refractivity contribution < 1.29 is 9.90 Å². The molecule has 0 aliphatic carbocycles. The molecule has 1 aromatic rings. The van der Waals surface area contributed by atoms with E-state index in [1.165, 1.54) is 0 Å². The van der Waals surface area contributed by atoms with Crippen LogP contribution in [0.2, 0.25) is 0 Å². The number of amides is 1. The highest BCUT2D eigenvalue weighted by Crippen LogP contribution is 2.25. The smallest absolute Gasteiger partial charge is 0.266 e. The standard InChI is InChI=1S/C19H29N3O3/c1-11(2)17(24)19(5,6)10-21-16(23)8-7-14-12(3)15(9-20)18(25)22-13(14)4/h11,17,24H,7-8,10H2,1-6H3,(H,21,23)(H,22,25). The molecule has 1 amide bonds. The van der Waals surface area contributed by atoms with Crippen molar-refractivity contribution in [2.24, 2.45) is 11.3 Å². The quantitative estimate of drug-likeness (QED) is 0.701. The molecule has 0 aliphatic rings. The maximum Gasteiger partial charge on any atom is 0.266 e. The number of carbonyl (C=O) groups is 1. The first-order chi connectivity index (χ1) is 11.5. The molecule has 1 atom stereocenters. The second kappa shape index (κ2) is 8.30. The monoisotopic (exact) mass is 347 g/mol. The largest absolute Gasteiger partial charge is 0.392 e. The molecule has 0 bridgehead atoms. The van der Waals surface area contributed by atoms with Crippen molar-refractivity contribution in [3.05, 3.63) is 32.7 Å². The molecule has 1 unspecified atom stereocenters. The van der Waals surface area contributed by atoms with Crippen LogP contribution in [-0.2, 0) is 11.2 Å². The summed E-state index contributed by atoms with van der Waals surface area (Å²) in [6.07, 6.45) is 0.198. The number of H-pyrrole nitrogens is 1. The van der Waals surface area contributed by atoms with Gasteiger partial charge in [-0.15, -0.1) is 0 Å². The number of aryl methyl sites for hydroxylation is 1. The van der Waals surface area contributed by atoms with Crippen LogP contribution in [-0.4, -0.2) is 28.6 Å². The van der Waals surface area contributed by atoms with E-state index >= 15 is 0 Å². The number of rotatable bonds is 7. The Kier molecular flexibility index (Phi) is 6.95. The van der Waals surface area contributed by atoms with Crippen molar-refractivity contribution in [3.8, 4) is 6.07 Å². The molecule has 6 nitrogen and oxygen atoms in total. The first-order valence-corrected chi connectivity index (χ1v) is 8.58. The number of aliphatic hydroxyl groups is 1. The third kappa shape index (κ3) is 5.17. The summed E-state index contributed by atoms with van der Waals surface area (Å²) in [7, 11) is 0. The van der Waals surface area contributed by atoms with Gasteiger partial charge in [0.25, 0.3) is 5.56 Å². The third-order valence-corrected chi connectivity index (χ3v) is 4.70. The molecule has 1 heterocycles. The van der Waals surface area contributed by atoms with Crippen LogP contribution in [0.3, 0.4) is 0 Å². The Morgan fingerprint density at radius 2 is 1.96 bits per heavy atom. The van der Waals surface area contributed by atoms with Crippen LogP contribution >= 0.6 is 0 Å². The Balaban J connectivity index is 2.73. The number of hydrogen-bond donors (Lipinski definition) is 3. The van der Waals surface area contributed by atoms with Gasteiger partial charge in [-0.1, -0.05) is 27.7 Å². The summed E-state index contributed by atoms with van der Waals surface area (Å²) in [6, 6.07) is 1.91. The predicted molar refractivity (Wildman–Crippen MR) is 97.2 cm³/mol. The molecule has 0 spiro atoms. The molecule has 1 aromatic heterocycles. The molecule has 0 fully saturated rings. The molecular formula is C19H29N3O3. The molecular weight excluding hydrogens is 318 g/mol. The second-order valence-electron chi connectivity index (χ2n) is 7.62. The lowest BCUT2D eigenvalue weighted by molar-refractivity contribution is -0.122. The lowest BCUT2D eigenvalue weighted by Gasteiger charge is -2.33. The van der Waals surface area contributed by atoms with Gasteiger partial charge < -0.3 is 15.4 Å². The van der Waals surface area contributed by atoms with Crippen LogP contribution in [0.15, 0.2) is 4.79 Å². The fourth-order valence-electron chi connectivity index (χ4n) is 3.08. The molecule has 25 heavy (non-hydrogen) atoms. The SMILES string of the molecule is Cc1[nH]c(=O)c(C#N)c(C)c1CCC(=O)NCC(C)(C)C(O)C(C)C. The Labute approximate surface area is 149 Å². The molecule has 6 heteroatoms. The van der Waals surface area contributed by atoms with E-state index < -0.39 is 17.1 Å². The van der Waals surface area contributed by atoms with E-state index in [0.717, 1.165) is 5.56 Å². The van der Waals surface area contributed by atoms with Crippen LogP contribution in [0.4, 0.5) is 0 Å². The van der Waals surface area contributed by atoms with Crippen LogP contribution < -0.4 is 10.9 Å². The minimum atomic E-state index is -0.505. The van der Waals surface area contributed by atoms with Gasteiger partial charge in [-0.2, -0.15) is 5.26 Å². The van der Waals surface area contributed by atoms with Crippen molar-refractivity contribution >= 4 is 5.91 Å². The zero-order valence-electron chi connectivity index (χ0n) is 16.0. The van der Waals surface area contributed by atoms with Crippen LogP contribution in [0.1, 0.15) is 56.5 Å². The van der Waals surface area contributed by atoms with Gasteiger partial charge in [-0.05, 0) is 37.3 Å². The minimum Gasteiger partial charge on any atom is -0.392 e. The normalized spacial score (nSPS) is 12.8. The predicted octanol–water partition coefficient (Wildman–Crippen LogP) is 1.96. The van der Waals surface area contributed by atoms with E-state index in [4.69, 9.17) is 5.26 Å². The van der Waals surface area contributed by atoms with E-state index in [1.807, 2.05) is 33.8 Å². The van der Waals surface area contributed by atoms with Gasteiger partial charge >= 0.3 is 0 Å². The highest BCUT2D eigenvalue weighted by atomic mass is 16.3. The highest BCUT2D eigenvalue weighted by molar-refractivity contribution is 5.76. The summed E-state index contributed by atoms with van der Waals surface area (Å²) in [6.45, 7) is 11.6. The average Bonchev–Trinajstić information content (AvgIpc) is 2.52. The summed E-state index contributed by atoms with van der Waals surface area (Å²) < 4.78 is 0. The lowest BCUT2D eigenvalue weighted by atomic mass is 9.80. The number of pyridine rings is 1. The molecule has 0 saturated heterocycles. The van der Waals surface area contributed by atoms with Gasteiger partial charge in [0, 0.05) is 24.1 Å². The van der Waals surface area contributed by atoms with Gasteiger partial charge in [0.15, 0.2) is 0 Å². The fourth-order valence-corrected chi connectivity index (χ4v) is 3.08. The van der Waals surface area contributed by atoms with Crippen molar-refractivity contribution in [1.82, 2.24) is 10.3 Å². The van der Waals surface area contributed by atoms with Gasteiger partial charge in [-0.25, -0.2) is 0 Å². The maximum atomic E-state index is 12.2. The van der Waals surface area contributed by atoms with Crippen molar-refractivity contribution in [3.63, 3.8) is 0 Å². The zero-order valence-corrected chi connectivity index (χ0v) is 16.0. The van der Waals surface area contributed by atoms with Gasteiger partial charge in [-0.3, -0.25) is 9.59 Å². The second-order valence-corrected chi connectivity index (χ2v) is 7.62. The van der Waals surface area contributed by atoms with E-state index in [2.05, 4.69) is 10.3 Å². The zero-order chi connectivity index (χ0) is 19.4. The Hall–Kier alpha value is -2.13. The van der Waals surface area contributed by atoms with E-state index in [1.54, 1.807) is 13.8 Å². The van der Waals surface area contributed by atoms with Crippen molar-refractivity contribution in [1.29, 1.82) is 5.26 Å². The Bertz CT molecular complexity index is 727. The summed E-state index contributed by atoms with van der Waals surface area (Å²) >= 11 is 0. The molecule has 0 aliphatic heterocycles. The van der Waals surface area contributed by atoms with E-state index in [0.29, 0.717) is 24.2 Å². The summed E-state index contributed by atoms with van der Waals surface area (Å²) in [5.41, 5.74) is 1.43. The van der Waals surface area contributed by atoms with Crippen molar-refractivity contribution in [2.45, 2.75) is 60.5 Å². The molecule has 0 aromatic carbocycles. The number of aliphatic hydroxyl groups excluding tert-OH is 1. The Morgan fingerprint density at radius 3 is 2.48 bits per heavy atom. The number of carbonyl (C=O) groups excluding carboxylic acids is 1. The summed E-state index contributed by atoms with van der Waals surface area (Å²) in [4.78, 5) is 26.6. The average molecular weight is 347 g/mol. The van der Waals surface area contributed by atoms with Gasteiger partial charge in [0.05, 0.1) is 6.10 Å². The van der Waals surface area contributed by atoms with E-state index in [-0.39, 0.29) is 23.8 Å². The minimum absolute atomic E-state index is 0.0993.